The zero-order valence-corrected chi connectivity index (χ0v) is 22.8. The van der Waals surface area contributed by atoms with Crippen LogP contribution in [0.3, 0.4) is 0 Å². The molecule has 3 aromatic carbocycles. The predicted octanol–water partition coefficient (Wildman–Crippen LogP) is 6.93. The Morgan fingerprint density at radius 2 is 1.51 bits per heavy atom. The Hall–Kier alpha value is -2.82. The minimum Gasteiger partial charge on any atom is -0.352 e. The molecule has 4 nitrogen and oxygen atoms in total. The quantitative estimate of drug-likeness (QED) is 0.322. The Kier molecular flexibility index (Phi) is 9.65. The van der Waals surface area contributed by atoms with Gasteiger partial charge in [-0.25, -0.2) is 0 Å². The third-order valence-corrected chi connectivity index (χ3v) is 7.79. The maximum absolute atomic E-state index is 13.9. The fraction of sp³-hybridized carbons (Fsp3) is 0.355. The molecule has 3 aromatic rings. The first-order chi connectivity index (χ1) is 17.9. The molecule has 2 amide bonds. The van der Waals surface area contributed by atoms with Crippen molar-refractivity contribution in [1.29, 1.82) is 0 Å². The number of carbonyl (C=O) groups is 2. The molecule has 0 spiro atoms. The first kappa shape index (κ1) is 27.2. The van der Waals surface area contributed by atoms with E-state index in [4.69, 9.17) is 23.2 Å². The maximum atomic E-state index is 13.9. The molecule has 0 aliphatic heterocycles. The molecule has 0 saturated heterocycles. The Bertz CT molecular complexity index is 1170. The number of benzene rings is 3. The highest BCUT2D eigenvalue weighted by Gasteiger charge is 2.32. The fourth-order valence-electron chi connectivity index (χ4n) is 4.94. The molecule has 0 radical (unpaired) electrons. The first-order valence-electron chi connectivity index (χ1n) is 13.0. The third-order valence-electron chi connectivity index (χ3n) is 7.09. The number of amides is 2. The molecule has 1 atom stereocenters. The van der Waals surface area contributed by atoms with Gasteiger partial charge in [0.15, 0.2) is 0 Å². The van der Waals surface area contributed by atoms with Crippen LogP contribution >= 0.6 is 23.2 Å². The third kappa shape index (κ3) is 7.59. The van der Waals surface area contributed by atoms with E-state index in [0.29, 0.717) is 28.6 Å². The number of carbonyl (C=O) groups excluding carboxylic acids is 2. The first-order valence-corrected chi connectivity index (χ1v) is 13.8. The average Bonchev–Trinajstić information content (AvgIpc) is 2.90. The SMILES string of the molecule is Cc1ccc(CN(C(=O)Cc2c(Cl)cccc2Cl)C(Cc2ccccc2)C(=O)NC2CCCCC2)cc1. The molecule has 4 rings (SSSR count). The molecule has 194 valence electrons. The Balaban J connectivity index is 1.68. The second-order valence-corrected chi connectivity index (χ2v) is 10.7. The van der Waals surface area contributed by atoms with E-state index in [9.17, 15) is 9.59 Å². The lowest BCUT2D eigenvalue weighted by Crippen LogP contribution is -2.53. The summed E-state index contributed by atoms with van der Waals surface area (Å²) in [6.07, 6.45) is 5.84. The van der Waals surface area contributed by atoms with Crippen LogP contribution in [0.1, 0.15) is 54.4 Å². The minimum atomic E-state index is -0.667. The van der Waals surface area contributed by atoms with Crippen molar-refractivity contribution in [3.63, 3.8) is 0 Å². The van der Waals surface area contributed by atoms with Gasteiger partial charge in [-0.15, -0.1) is 0 Å². The second kappa shape index (κ2) is 13.1. The summed E-state index contributed by atoms with van der Waals surface area (Å²) in [7, 11) is 0. The average molecular weight is 538 g/mol. The van der Waals surface area contributed by atoms with Gasteiger partial charge in [-0.1, -0.05) is 109 Å². The van der Waals surface area contributed by atoms with Gasteiger partial charge in [0, 0.05) is 29.1 Å². The van der Waals surface area contributed by atoms with Crippen molar-refractivity contribution in [1.82, 2.24) is 10.2 Å². The van der Waals surface area contributed by atoms with Crippen LogP contribution in [0.25, 0.3) is 0 Å². The highest BCUT2D eigenvalue weighted by atomic mass is 35.5. The van der Waals surface area contributed by atoms with Crippen molar-refractivity contribution in [3.8, 4) is 0 Å². The van der Waals surface area contributed by atoms with Crippen molar-refractivity contribution < 1.29 is 9.59 Å². The molecule has 1 saturated carbocycles. The molecule has 1 aliphatic carbocycles. The molecule has 6 heteroatoms. The van der Waals surface area contributed by atoms with Crippen molar-refractivity contribution in [2.45, 2.75) is 70.5 Å². The van der Waals surface area contributed by atoms with E-state index in [1.54, 1.807) is 23.1 Å². The van der Waals surface area contributed by atoms with Crippen molar-refractivity contribution in [3.05, 3.63) is 105 Å². The van der Waals surface area contributed by atoms with Gasteiger partial charge >= 0.3 is 0 Å². The summed E-state index contributed by atoms with van der Waals surface area (Å²) >= 11 is 12.8. The Labute approximate surface area is 230 Å². The summed E-state index contributed by atoms with van der Waals surface area (Å²) in [6, 6.07) is 22.7. The molecule has 1 aliphatic rings. The number of rotatable bonds is 9. The molecule has 0 heterocycles. The highest BCUT2D eigenvalue weighted by Crippen LogP contribution is 2.27. The predicted molar refractivity (Wildman–Crippen MR) is 151 cm³/mol. The van der Waals surface area contributed by atoms with Crippen molar-refractivity contribution in [2.24, 2.45) is 0 Å². The lowest BCUT2D eigenvalue weighted by atomic mass is 9.94. The summed E-state index contributed by atoms with van der Waals surface area (Å²) in [5.74, 6) is -0.295. The number of hydrogen-bond acceptors (Lipinski definition) is 2. The van der Waals surface area contributed by atoms with Crippen LogP contribution in [-0.4, -0.2) is 28.8 Å². The number of hydrogen-bond donors (Lipinski definition) is 1. The topological polar surface area (TPSA) is 49.4 Å². The van der Waals surface area contributed by atoms with Crippen LogP contribution in [0.4, 0.5) is 0 Å². The van der Waals surface area contributed by atoms with E-state index in [1.165, 1.54) is 6.42 Å². The summed E-state index contributed by atoms with van der Waals surface area (Å²) in [4.78, 5) is 29.5. The lowest BCUT2D eigenvalue weighted by molar-refractivity contribution is -0.141. The van der Waals surface area contributed by atoms with Crippen molar-refractivity contribution >= 4 is 35.0 Å². The van der Waals surface area contributed by atoms with Gasteiger partial charge < -0.3 is 10.2 Å². The van der Waals surface area contributed by atoms with Crippen LogP contribution < -0.4 is 5.32 Å². The van der Waals surface area contributed by atoms with Crippen LogP contribution in [0.2, 0.25) is 10.0 Å². The molecule has 0 bridgehead atoms. The van der Waals surface area contributed by atoms with E-state index in [-0.39, 0.29) is 24.3 Å². The summed E-state index contributed by atoms with van der Waals surface area (Å²) in [5, 5.41) is 4.16. The molecule has 1 unspecified atom stereocenters. The molecule has 37 heavy (non-hydrogen) atoms. The van der Waals surface area contributed by atoms with Crippen LogP contribution in [0.15, 0.2) is 72.8 Å². The van der Waals surface area contributed by atoms with Gasteiger partial charge in [-0.05, 0) is 48.6 Å². The largest absolute Gasteiger partial charge is 0.352 e. The summed E-state index contributed by atoms with van der Waals surface area (Å²) in [6.45, 7) is 2.35. The Morgan fingerprint density at radius 3 is 2.16 bits per heavy atom. The molecule has 0 aromatic heterocycles. The van der Waals surface area contributed by atoms with E-state index >= 15 is 0 Å². The lowest BCUT2D eigenvalue weighted by Gasteiger charge is -2.33. The van der Waals surface area contributed by atoms with Gasteiger partial charge in [0.05, 0.1) is 6.42 Å². The zero-order valence-electron chi connectivity index (χ0n) is 21.3. The monoisotopic (exact) mass is 536 g/mol. The highest BCUT2D eigenvalue weighted by molar-refractivity contribution is 6.36. The van der Waals surface area contributed by atoms with Crippen LogP contribution in [-0.2, 0) is 29.0 Å². The van der Waals surface area contributed by atoms with Gasteiger partial charge in [-0.3, -0.25) is 9.59 Å². The normalized spacial score (nSPS) is 14.7. The molecule has 1 N–H and O–H groups in total. The van der Waals surface area contributed by atoms with E-state index < -0.39 is 6.04 Å². The van der Waals surface area contributed by atoms with E-state index in [0.717, 1.165) is 42.4 Å². The van der Waals surface area contributed by atoms with Crippen molar-refractivity contribution in [2.75, 3.05) is 0 Å². The molecular weight excluding hydrogens is 503 g/mol. The number of aryl methyl sites for hydroxylation is 1. The maximum Gasteiger partial charge on any atom is 0.243 e. The number of nitrogens with zero attached hydrogens (tertiary/aromatic N) is 1. The molecular formula is C31H34Cl2N2O2. The molecule has 1 fully saturated rings. The van der Waals surface area contributed by atoms with E-state index in [2.05, 4.69) is 5.32 Å². The standard InChI is InChI=1S/C31H34Cl2N2O2/c1-22-15-17-24(18-16-22)21-35(30(36)20-26-27(32)13-8-14-28(26)33)29(19-23-9-4-2-5-10-23)31(37)34-25-11-6-3-7-12-25/h2,4-5,8-10,13-18,25,29H,3,6-7,11-12,19-21H2,1H3,(H,34,37). The minimum absolute atomic E-state index is 0.0202. The second-order valence-electron chi connectivity index (χ2n) is 9.93. The van der Waals surface area contributed by atoms with Gasteiger partial charge in [0.2, 0.25) is 11.8 Å². The fourth-order valence-corrected chi connectivity index (χ4v) is 5.47. The summed E-state index contributed by atoms with van der Waals surface area (Å²) in [5.41, 5.74) is 3.69. The van der Waals surface area contributed by atoms with Gasteiger partial charge in [0.1, 0.15) is 6.04 Å². The van der Waals surface area contributed by atoms with Crippen LogP contribution in [0, 0.1) is 6.92 Å². The summed E-state index contributed by atoms with van der Waals surface area (Å²) < 4.78 is 0. The van der Waals surface area contributed by atoms with E-state index in [1.807, 2.05) is 61.5 Å². The number of halogens is 2. The Morgan fingerprint density at radius 1 is 0.865 bits per heavy atom. The van der Waals surface area contributed by atoms with Gasteiger partial charge in [-0.2, -0.15) is 0 Å². The smallest absolute Gasteiger partial charge is 0.243 e. The zero-order chi connectivity index (χ0) is 26.2. The van der Waals surface area contributed by atoms with Gasteiger partial charge in [0.25, 0.3) is 0 Å². The number of nitrogens with one attached hydrogen (secondary N) is 1. The van der Waals surface area contributed by atoms with Crippen LogP contribution in [0.5, 0.6) is 0 Å².